The number of hydrogen-bond acceptors (Lipinski definition) is 4. The van der Waals surface area contributed by atoms with Crippen LogP contribution >= 0.6 is 0 Å². The summed E-state index contributed by atoms with van der Waals surface area (Å²) in [4.78, 5) is 12.6. The number of rotatable bonds is 7. The van der Waals surface area contributed by atoms with Crippen molar-refractivity contribution in [1.82, 2.24) is 10.0 Å². The fraction of sp³-hybridized carbons (Fsp3) is 0.316. The van der Waals surface area contributed by atoms with Gasteiger partial charge >= 0.3 is 0 Å². The monoisotopic (exact) mass is 376 g/mol. The van der Waals surface area contributed by atoms with E-state index in [2.05, 4.69) is 10.0 Å². The lowest BCUT2D eigenvalue weighted by Crippen LogP contribution is -2.35. The molecule has 0 fully saturated rings. The molecular weight excluding hydrogens is 352 g/mol. The maximum Gasteiger partial charge on any atom is 0.255 e. The van der Waals surface area contributed by atoms with Gasteiger partial charge in [0.25, 0.3) is 5.91 Å². The molecule has 0 unspecified atom stereocenters. The summed E-state index contributed by atoms with van der Waals surface area (Å²) in [6.07, 6.45) is 0. The Morgan fingerprint density at radius 1 is 1.00 bits per heavy atom. The molecule has 0 bridgehead atoms. The number of carbonyl (C=O) groups excluding carboxylic acids is 1. The second kappa shape index (κ2) is 8.33. The summed E-state index contributed by atoms with van der Waals surface area (Å²) in [5.74, 6) is 0.167. The number of sulfonamides is 1. The van der Waals surface area contributed by atoms with Crippen molar-refractivity contribution in [2.45, 2.75) is 25.7 Å². The Bertz CT molecular complexity index is 908. The van der Waals surface area contributed by atoms with Gasteiger partial charge in [-0.2, -0.15) is 0 Å². The molecule has 2 aromatic rings. The molecule has 2 aromatic carbocycles. The summed E-state index contributed by atoms with van der Waals surface area (Å²) in [6, 6.07) is 10.6. The van der Waals surface area contributed by atoms with Gasteiger partial charge in [-0.05, 0) is 50.1 Å². The van der Waals surface area contributed by atoms with Crippen molar-refractivity contribution < 1.29 is 17.9 Å². The number of ether oxygens (including phenoxy) is 1. The van der Waals surface area contributed by atoms with Crippen LogP contribution in [0.3, 0.4) is 0 Å². The Morgan fingerprint density at radius 3 is 2.35 bits per heavy atom. The first kappa shape index (κ1) is 19.9. The minimum atomic E-state index is -3.62. The van der Waals surface area contributed by atoms with Crippen LogP contribution in [0.4, 0.5) is 0 Å². The van der Waals surface area contributed by atoms with Gasteiger partial charge in [-0.3, -0.25) is 4.79 Å². The fourth-order valence-corrected chi connectivity index (χ4v) is 3.89. The molecule has 7 heteroatoms. The highest BCUT2D eigenvalue weighted by Crippen LogP contribution is 2.19. The van der Waals surface area contributed by atoms with Crippen LogP contribution in [0.15, 0.2) is 41.3 Å². The van der Waals surface area contributed by atoms with Gasteiger partial charge in [0.2, 0.25) is 10.0 Å². The molecule has 0 saturated carbocycles. The Hall–Kier alpha value is -2.38. The van der Waals surface area contributed by atoms with Gasteiger partial charge in [0.05, 0.1) is 17.6 Å². The predicted octanol–water partition coefficient (Wildman–Crippen LogP) is 2.33. The Balaban J connectivity index is 1.97. The van der Waals surface area contributed by atoms with Crippen LogP contribution in [-0.2, 0) is 10.0 Å². The highest BCUT2D eigenvalue weighted by atomic mass is 32.2. The summed E-state index contributed by atoms with van der Waals surface area (Å²) in [5.41, 5.74) is 2.91. The van der Waals surface area contributed by atoms with Gasteiger partial charge in [0, 0.05) is 13.1 Å². The third-order valence-corrected chi connectivity index (χ3v) is 5.54. The van der Waals surface area contributed by atoms with E-state index in [1.54, 1.807) is 31.2 Å². The zero-order chi connectivity index (χ0) is 19.3. The van der Waals surface area contributed by atoms with Crippen LogP contribution in [0.25, 0.3) is 0 Å². The van der Waals surface area contributed by atoms with Crippen molar-refractivity contribution >= 4 is 15.9 Å². The molecular formula is C19H24N2O4S. The van der Waals surface area contributed by atoms with Crippen LogP contribution in [0.1, 0.15) is 27.0 Å². The minimum absolute atomic E-state index is 0.0928. The second-order valence-electron chi connectivity index (χ2n) is 6.13. The van der Waals surface area contributed by atoms with Crippen molar-refractivity contribution in [3.8, 4) is 5.75 Å². The van der Waals surface area contributed by atoms with Crippen molar-refractivity contribution in [2.75, 3.05) is 20.2 Å². The first-order chi connectivity index (χ1) is 12.2. The van der Waals surface area contributed by atoms with E-state index in [1.807, 2.05) is 26.0 Å². The van der Waals surface area contributed by atoms with Gasteiger partial charge < -0.3 is 10.1 Å². The predicted molar refractivity (Wildman–Crippen MR) is 101 cm³/mol. The Kier molecular flexibility index (Phi) is 6.39. The summed E-state index contributed by atoms with van der Waals surface area (Å²) in [6.45, 7) is 5.73. The molecule has 0 saturated heterocycles. The summed E-state index contributed by atoms with van der Waals surface area (Å²) >= 11 is 0. The van der Waals surface area contributed by atoms with E-state index in [0.717, 1.165) is 11.1 Å². The molecule has 0 atom stereocenters. The first-order valence-corrected chi connectivity index (χ1v) is 9.72. The van der Waals surface area contributed by atoms with E-state index in [9.17, 15) is 13.2 Å². The second-order valence-corrected chi connectivity index (χ2v) is 7.86. The fourth-order valence-electron chi connectivity index (χ4n) is 2.53. The molecule has 0 aliphatic heterocycles. The molecule has 0 heterocycles. The third-order valence-electron chi connectivity index (χ3n) is 3.94. The number of aryl methyl sites for hydroxylation is 3. The van der Waals surface area contributed by atoms with Crippen LogP contribution in [-0.4, -0.2) is 34.5 Å². The van der Waals surface area contributed by atoms with Crippen molar-refractivity contribution in [3.05, 3.63) is 58.7 Å². The first-order valence-electron chi connectivity index (χ1n) is 8.24. The van der Waals surface area contributed by atoms with Crippen LogP contribution in [0.2, 0.25) is 0 Å². The molecule has 6 nitrogen and oxygen atoms in total. The molecule has 0 aliphatic carbocycles. The van der Waals surface area contributed by atoms with Gasteiger partial charge in [0.15, 0.2) is 0 Å². The number of benzene rings is 2. The van der Waals surface area contributed by atoms with Crippen LogP contribution < -0.4 is 14.8 Å². The lowest BCUT2D eigenvalue weighted by atomic mass is 10.1. The quantitative estimate of drug-likeness (QED) is 0.727. The lowest BCUT2D eigenvalue weighted by molar-refractivity contribution is 0.0951. The Morgan fingerprint density at radius 2 is 1.65 bits per heavy atom. The zero-order valence-corrected chi connectivity index (χ0v) is 16.2. The molecule has 0 aromatic heterocycles. The molecule has 2 rings (SSSR count). The maximum absolute atomic E-state index is 12.4. The molecule has 2 N–H and O–H groups in total. The molecule has 0 aliphatic rings. The SMILES string of the molecule is COc1ccc(C)cc1C(=O)NCCNS(=O)(=O)c1cc(C)ccc1C. The standard InChI is InChI=1S/C19H24N2O4S/c1-13-6-8-17(25-4)16(11-13)19(22)20-9-10-21-26(23,24)18-12-14(2)5-7-15(18)3/h5-8,11-12,21H,9-10H2,1-4H3,(H,20,22). The van der Waals surface area contributed by atoms with Gasteiger partial charge in [-0.15, -0.1) is 0 Å². The summed E-state index contributed by atoms with van der Waals surface area (Å²) in [5, 5.41) is 2.71. The number of amides is 1. The zero-order valence-electron chi connectivity index (χ0n) is 15.4. The lowest BCUT2D eigenvalue weighted by Gasteiger charge is -2.12. The van der Waals surface area contributed by atoms with Crippen molar-refractivity contribution in [2.24, 2.45) is 0 Å². The van der Waals surface area contributed by atoms with Gasteiger partial charge in [-0.1, -0.05) is 23.8 Å². The van der Waals surface area contributed by atoms with E-state index < -0.39 is 10.0 Å². The number of carbonyl (C=O) groups is 1. The normalized spacial score (nSPS) is 11.2. The van der Waals surface area contributed by atoms with E-state index in [4.69, 9.17) is 4.74 Å². The highest BCUT2D eigenvalue weighted by molar-refractivity contribution is 7.89. The van der Waals surface area contributed by atoms with Crippen LogP contribution in [0, 0.1) is 20.8 Å². The number of nitrogens with one attached hydrogen (secondary N) is 2. The van der Waals surface area contributed by atoms with E-state index in [-0.39, 0.29) is 23.9 Å². The molecule has 26 heavy (non-hydrogen) atoms. The Labute approximate surface area is 154 Å². The average molecular weight is 376 g/mol. The van der Waals surface area contributed by atoms with Gasteiger partial charge in [0.1, 0.15) is 5.75 Å². The molecule has 0 radical (unpaired) electrons. The van der Waals surface area contributed by atoms with Crippen molar-refractivity contribution in [1.29, 1.82) is 0 Å². The van der Waals surface area contributed by atoms with Crippen molar-refractivity contribution in [3.63, 3.8) is 0 Å². The molecule has 1 amide bonds. The van der Waals surface area contributed by atoms with E-state index >= 15 is 0 Å². The topological polar surface area (TPSA) is 84.5 Å². The minimum Gasteiger partial charge on any atom is -0.496 e. The third kappa shape index (κ3) is 4.83. The van der Waals surface area contributed by atoms with E-state index in [0.29, 0.717) is 16.9 Å². The van der Waals surface area contributed by atoms with Gasteiger partial charge in [-0.25, -0.2) is 13.1 Å². The van der Waals surface area contributed by atoms with Crippen LogP contribution in [0.5, 0.6) is 5.75 Å². The smallest absolute Gasteiger partial charge is 0.255 e. The highest BCUT2D eigenvalue weighted by Gasteiger charge is 2.17. The average Bonchev–Trinajstić information content (AvgIpc) is 2.60. The molecule has 0 spiro atoms. The number of hydrogen-bond donors (Lipinski definition) is 2. The summed E-state index contributed by atoms with van der Waals surface area (Å²) in [7, 11) is -2.12. The molecule has 140 valence electrons. The van der Waals surface area contributed by atoms with E-state index in [1.165, 1.54) is 7.11 Å². The largest absolute Gasteiger partial charge is 0.496 e. The number of methoxy groups -OCH3 is 1. The maximum atomic E-state index is 12.4. The summed E-state index contributed by atoms with van der Waals surface area (Å²) < 4.78 is 32.6.